The molecule has 1 aliphatic rings. The molecule has 1 amide bonds. The van der Waals surface area contributed by atoms with Gasteiger partial charge in [0.25, 0.3) is 12.4 Å². The van der Waals surface area contributed by atoms with Crippen molar-refractivity contribution in [1.82, 2.24) is 19.7 Å². The summed E-state index contributed by atoms with van der Waals surface area (Å²) in [5.41, 5.74) is -0.487. The molecule has 2 rings (SSSR count). The summed E-state index contributed by atoms with van der Waals surface area (Å²) in [5, 5.41) is 20.5. The van der Waals surface area contributed by atoms with Gasteiger partial charge in [-0.3, -0.25) is 19.4 Å². The predicted molar refractivity (Wildman–Crippen MR) is 74.6 cm³/mol. The minimum absolute atomic E-state index is 0.0418. The Morgan fingerprint density at radius 1 is 1.48 bits per heavy atom. The lowest BCUT2D eigenvalue weighted by atomic mass is 10.0. The molecule has 1 fully saturated rings. The fourth-order valence-corrected chi connectivity index (χ4v) is 2.17. The molecular formula is C12H18N4O7. The molecule has 2 heterocycles. The van der Waals surface area contributed by atoms with Crippen molar-refractivity contribution < 1.29 is 29.3 Å². The highest BCUT2D eigenvalue weighted by Crippen LogP contribution is 2.21. The summed E-state index contributed by atoms with van der Waals surface area (Å²) in [5.74, 6) is -1.37. The Morgan fingerprint density at radius 2 is 2.09 bits per heavy atom. The Hall–Kier alpha value is -2.69. The maximum atomic E-state index is 12.1. The Bertz CT molecular complexity index is 623. The number of esters is 1. The zero-order valence-electron chi connectivity index (χ0n) is 12.6. The van der Waals surface area contributed by atoms with Gasteiger partial charge in [-0.1, -0.05) is 0 Å². The summed E-state index contributed by atoms with van der Waals surface area (Å²) in [6.07, 6.45) is -0.756. The number of ether oxygens (including phenoxy) is 1. The zero-order chi connectivity index (χ0) is 17.6. The summed E-state index contributed by atoms with van der Waals surface area (Å²) in [6.45, 7) is 0.0623. The van der Waals surface area contributed by atoms with Gasteiger partial charge in [-0.05, 0) is 0 Å². The SMILES string of the molecule is COC(=O)C[C@@H]1CN(C(=O)c2nn(C)c(=O)[nH]2)C[C@H]1O.O=CO. The molecule has 1 aromatic rings. The smallest absolute Gasteiger partial charge is 0.343 e. The van der Waals surface area contributed by atoms with Crippen LogP contribution in [0.2, 0.25) is 0 Å². The van der Waals surface area contributed by atoms with Crippen molar-refractivity contribution in [2.24, 2.45) is 13.0 Å². The van der Waals surface area contributed by atoms with Crippen LogP contribution in [0.4, 0.5) is 0 Å². The van der Waals surface area contributed by atoms with E-state index >= 15 is 0 Å². The molecular weight excluding hydrogens is 312 g/mol. The van der Waals surface area contributed by atoms with Crippen molar-refractivity contribution >= 4 is 18.3 Å². The molecule has 1 aliphatic heterocycles. The standard InChI is InChI=1S/C11H16N4O5.CH2O2/c1-14-11(19)12-9(13-14)10(18)15-4-6(7(16)5-15)3-8(17)20-2;2-1-3/h6-7,16H,3-5H2,1-2H3,(H,12,13,19);1H,(H,2,3)/t6-,7-;/m1./s1. The van der Waals surface area contributed by atoms with Gasteiger partial charge in [0.15, 0.2) is 0 Å². The first kappa shape index (κ1) is 18.4. The summed E-state index contributed by atoms with van der Waals surface area (Å²) < 4.78 is 5.56. The van der Waals surface area contributed by atoms with Crippen molar-refractivity contribution in [2.75, 3.05) is 20.2 Å². The average molecular weight is 330 g/mol. The maximum Gasteiger partial charge on any atom is 0.343 e. The van der Waals surface area contributed by atoms with Crippen LogP contribution in [0.3, 0.4) is 0 Å². The van der Waals surface area contributed by atoms with Crippen LogP contribution in [0.1, 0.15) is 17.0 Å². The molecule has 128 valence electrons. The number of nitrogens with one attached hydrogen (secondary N) is 1. The largest absolute Gasteiger partial charge is 0.483 e. The molecule has 23 heavy (non-hydrogen) atoms. The number of carbonyl (C=O) groups excluding carboxylic acids is 2. The first-order valence-corrected chi connectivity index (χ1v) is 6.59. The highest BCUT2D eigenvalue weighted by Gasteiger charge is 2.36. The van der Waals surface area contributed by atoms with E-state index in [-0.39, 0.29) is 37.7 Å². The fourth-order valence-electron chi connectivity index (χ4n) is 2.17. The van der Waals surface area contributed by atoms with E-state index in [1.807, 2.05) is 0 Å². The van der Waals surface area contributed by atoms with Crippen molar-refractivity contribution in [3.8, 4) is 0 Å². The lowest BCUT2D eigenvalue weighted by molar-refractivity contribution is -0.142. The molecule has 0 saturated carbocycles. The van der Waals surface area contributed by atoms with Gasteiger partial charge in [-0.15, -0.1) is 5.10 Å². The zero-order valence-corrected chi connectivity index (χ0v) is 12.6. The van der Waals surface area contributed by atoms with Gasteiger partial charge in [0.05, 0.1) is 19.6 Å². The van der Waals surface area contributed by atoms with Crippen molar-refractivity contribution in [3.63, 3.8) is 0 Å². The first-order chi connectivity index (χ1) is 10.8. The number of β-amino-alcohol motifs (C(OH)–C–C–N with tert-alkyl or cyclic N) is 1. The van der Waals surface area contributed by atoms with E-state index in [0.717, 1.165) is 4.68 Å². The van der Waals surface area contributed by atoms with E-state index in [4.69, 9.17) is 9.90 Å². The molecule has 3 N–H and O–H groups in total. The second kappa shape index (κ2) is 8.08. The number of H-pyrrole nitrogens is 1. The Morgan fingerprint density at radius 3 is 2.57 bits per heavy atom. The molecule has 1 aromatic heterocycles. The average Bonchev–Trinajstić information content (AvgIpc) is 3.03. The number of aromatic nitrogens is 3. The number of nitrogens with zero attached hydrogens (tertiary/aromatic N) is 3. The van der Waals surface area contributed by atoms with Crippen LogP contribution >= 0.6 is 0 Å². The predicted octanol–water partition coefficient (Wildman–Crippen LogP) is -2.19. The highest BCUT2D eigenvalue weighted by atomic mass is 16.5. The lowest BCUT2D eigenvalue weighted by Gasteiger charge is -2.13. The number of likely N-dealkylation sites (tertiary alicyclic amines) is 1. The number of aryl methyl sites for hydroxylation is 1. The molecule has 0 bridgehead atoms. The van der Waals surface area contributed by atoms with Gasteiger partial charge in [0.1, 0.15) is 0 Å². The molecule has 1 saturated heterocycles. The molecule has 11 heteroatoms. The van der Waals surface area contributed by atoms with E-state index in [9.17, 15) is 19.5 Å². The van der Waals surface area contributed by atoms with Crippen molar-refractivity contribution in [3.05, 3.63) is 16.3 Å². The third-order valence-electron chi connectivity index (χ3n) is 3.32. The topological polar surface area (TPSA) is 155 Å². The first-order valence-electron chi connectivity index (χ1n) is 6.59. The lowest BCUT2D eigenvalue weighted by Crippen LogP contribution is -2.30. The summed E-state index contributed by atoms with van der Waals surface area (Å²) in [4.78, 5) is 46.6. The quantitative estimate of drug-likeness (QED) is 0.417. The third kappa shape index (κ3) is 4.64. The number of hydrogen-bond acceptors (Lipinski definition) is 7. The fraction of sp³-hybridized carbons (Fsp3) is 0.583. The van der Waals surface area contributed by atoms with Gasteiger partial charge in [0, 0.05) is 26.1 Å². The highest BCUT2D eigenvalue weighted by molar-refractivity contribution is 5.90. The van der Waals surface area contributed by atoms with Gasteiger partial charge >= 0.3 is 11.7 Å². The second-order valence-corrected chi connectivity index (χ2v) is 4.83. The summed E-state index contributed by atoms with van der Waals surface area (Å²) in [6, 6.07) is 0. The molecule has 0 spiro atoms. The van der Waals surface area contributed by atoms with Crippen LogP contribution in [0, 0.1) is 5.92 Å². The van der Waals surface area contributed by atoms with Crippen molar-refractivity contribution in [1.29, 1.82) is 0 Å². The minimum atomic E-state index is -0.798. The van der Waals surface area contributed by atoms with E-state index in [1.54, 1.807) is 0 Å². The summed E-state index contributed by atoms with van der Waals surface area (Å²) >= 11 is 0. The summed E-state index contributed by atoms with van der Waals surface area (Å²) in [7, 11) is 2.69. The number of rotatable bonds is 3. The van der Waals surface area contributed by atoms with Crippen LogP contribution in [0.15, 0.2) is 4.79 Å². The van der Waals surface area contributed by atoms with Gasteiger partial charge < -0.3 is 19.8 Å². The van der Waals surface area contributed by atoms with Crippen molar-refractivity contribution in [2.45, 2.75) is 12.5 Å². The number of aromatic amines is 1. The van der Waals surface area contributed by atoms with Crippen LogP contribution < -0.4 is 5.69 Å². The maximum absolute atomic E-state index is 12.1. The molecule has 0 radical (unpaired) electrons. The Kier molecular flexibility index (Phi) is 6.45. The van der Waals surface area contributed by atoms with E-state index in [2.05, 4.69) is 14.8 Å². The van der Waals surface area contributed by atoms with Crippen LogP contribution in [-0.2, 0) is 21.4 Å². The normalized spacial score (nSPS) is 19.7. The number of aliphatic hydroxyl groups excluding tert-OH is 1. The molecule has 0 unspecified atom stereocenters. The van der Waals surface area contributed by atoms with Gasteiger partial charge in [-0.2, -0.15) is 0 Å². The number of amides is 1. The molecule has 0 aliphatic carbocycles. The van der Waals surface area contributed by atoms with Gasteiger partial charge in [0.2, 0.25) is 5.82 Å². The van der Waals surface area contributed by atoms with E-state index in [0.29, 0.717) is 0 Å². The number of hydrogen-bond donors (Lipinski definition) is 3. The number of carbonyl (C=O) groups is 3. The minimum Gasteiger partial charge on any atom is -0.483 e. The molecule has 0 aromatic carbocycles. The second-order valence-electron chi connectivity index (χ2n) is 4.83. The number of carboxylic acid groups (broad SMARTS) is 1. The molecule has 2 atom stereocenters. The third-order valence-corrected chi connectivity index (χ3v) is 3.32. The Balaban J connectivity index is 0.000000816. The Labute approximate surface area is 130 Å². The van der Waals surface area contributed by atoms with Crippen LogP contribution in [0.5, 0.6) is 0 Å². The van der Waals surface area contributed by atoms with E-state index < -0.39 is 23.7 Å². The monoisotopic (exact) mass is 330 g/mol. The molecule has 11 nitrogen and oxygen atoms in total. The number of methoxy groups -OCH3 is 1. The van der Waals surface area contributed by atoms with Gasteiger partial charge in [-0.25, -0.2) is 9.48 Å². The van der Waals surface area contributed by atoms with Crippen LogP contribution in [0.25, 0.3) is 0 Å². The van der Waals surface area contributed by atoms with E-state index in [1.165, 1.54) is 19.1 Å². The number of aliphatic hydroxyl groups is 1. The van der Waals surface area contributed by atoms with Crippen LogP contribution in [-0.4, -0.2) is 74.5 Å².